The number of amides is 1. The smallest absolute Gasteiger partial charge is 0.264 e. The summed E-state index contributed by atoms with van der Waals surface area (Å²) in [5, 5.41) is 2.73. The van der Waals surface area contributed by atoms with Crippen LogP contribution < -0.4 is 23.8 Å². The summed E-state index contributed by atoms with van der Waals surface area (Å²) in [6.45, 7) is 3.71. The number of benzene rings is 3. The molecular formula is C25H28N2O6S. The van der Waals surface area contributed by atoms with Crippen LogP contribution >= 0.6 is 0 Å². The van der Waals surface area contributed by atoms with Crippen LogP contribution in [0.3, 0.4) is 0 Å². The van der Waals surface area contributed by atoms with E-state index in [0.29, 0.717) is 28.6 Å². The number of aryl methyl sites for hydroxylation is 1. The molecule has 34 heavy (non-hydrogen) atoms. The zero-order valence-electron chi connectivity index (χ0n) is 19.6. The van der Waals surface area contributed by atoms with Crippen molar-refractivity contribution in [3.8, 4) is 17.2 Å². The van der Waals surface area contributed by atoms with Crippen LogP contribution in [0.2, 0.25) is 0 Å². The minimum absolute atomic E-state index is 0.228. The summed E-state index contributed by atoms with van der Waals surface area (Å²) in [6, 6.07) is 18.3. The predicted octanol–water partition coefficient (Wildman–Crippen LogP) is 4.24. The molecule has 0 radical (unpaired) electrons. The van der Waals surface area contributed by atoms with E-state index in [-0.39, 0.29) is 24.0 Å². The van der Waals surface area contributed by atoms with E-state index in [2.05, 4.69) is 5.32 Å². The minimum Gasteiger partial charge on any atom is -0.497 e. The van der Waals surface area contributed by atoms with E-state index in [4.69, 9.17) is 14.2 Å². The summed E-state index contributed by atoms with van der Waals surface area (Å²) in [7, 11) is -0.652. The molecule has 0 spiro atoms. The van der Waals surface area contributed by atoms with Gasteiger partial charge in [0, 0.05) is 12.6 Å². The number of carbonyl (C=O) groups excluding carboxylic acids is 1. The Balaban J connectivity index is 1.65. The van der Waals surface area contributed by atoms with Crippen molar-refractivity contribution < 1.29 is 27.4 Å². The Kier molecular flexibility index (Phi) is 8.01. The van der Waals surface area contributed by atoms with E-state index in [0.717, 1.165) is 5.56 Å². The molecule has 3 aromatic rings. The SMILES string of the molecule is CCN(c1ccc(OCC(=O)Nc2ccc(OC)cc2OC)cc1)S(=O)(=O)c1ccc(C)cc1. The highest BCUT2D eigenvalue weighted by Gasteiger charge is 2.23. The Labute approximate surface area is 200 Å². The van der Waals surface area contributed by atoms with Gasteiger partial charge in [0.25, 0.3) is 15.9 Å². The molecule has 9 heteroatoms. The van der Waals surface area contributed by atoms with Gasteiger partial charge in [0.15, 0.2) is 6.61 Å². The normalized spacial score (nSPS) is 10.9. The third-order valence-electron chi connectivity index (χ3n) is 5.07. The lowest BCUT2D eigenvalue weighted by Crippen LogP contribution is -2.30. The second kappa shape index (κ2) is 10.9. The summed E-state index contributed by atoms with van der Waals surface area (Å²) in [6.07, 6.45) is 0. The van der Waals surface area contributed by atoms with Gasteiger partial charge in [-0.25, -0.2) is 8.42 Å². The van der Waals surface area contributed by atoms with E-state index in [9.17, 15) is 13.2 Å². The molecule has 1 N–H and O–H groups in total. The van der Waals surface area contributed by atoms with Gasteiger partial charge in [0.1, 0.15) is 17.2 Å². The quantitative estimate of drug-likeness (QED) is 0.463. The molecular weight excluding hydrogens is 456 g/mol. The number of nitrogens with one attached hydrogen (secondary N) is 1. The van der Waals surface area contributed by atoms with Gasteiger partial charge in [-0.2, -0.15) is 0 Å². The standard InChI is InChI=1S/C25H28N2O6S/c1-5-27(34(29,30)22-13-6-18(2)7-14-22)19-8-10-20(11-9-19)33-17-25(28)26-23-15-12-21(31-3)16-24(23)32-4/h6-16H,5,17H2,1-4H3,(H,26,28). The number of hydrogen-bond acceptors (Lipinski definition) is 6. The van der Waals surface area contributed by atoms with Crippen molar-refractivity contribution in [3.63, 3.8) is 0 Å². The van der Waals surface area contributed by atoms with Crippen LogP contribution in [0.5, 0.6) is 17.2 Å². The lowest BCUT2D eigenvalue weighted by Gasteiger charge is -2.23. The number of methoxy groups -OCH3 is 2. The molecule has 1 amide bonds. The molecule has 0 aliphatic carbocycles. The zero-order chi connectivity index (χ0) is 24.7. The maximum atomic E-state index is 13.1. The molecule has 0 aliphatic heterocycles. The molecule has 0 unspecified atom stereocenters. The molecule has 0 atom stereocenters. The first-order valence-electron chi connectivity index (χ1n) is 10.6. The number of rotatable bonds is 10. The highest BCUT2D eigenvalue weighted by Crippen LogP contribution is 2.29. The van der Waals surface area contributed by atoms with Crippen molar-refractivity contribution in [3.05, 3.63) is 72.3 Å². The lowest BCUT2D eigenvalue weighted by molar-refractivity contribution is -0.118. The van der Waals surface area contributed by atoms with Gasteiger partial charge in [0.2, 0.25) is 0 Å². The monoisotopic (exact) mass is 484 g/mol. The molecule has 180 valence electrons. The van der Waals surface area contributed by atoms with Crippen LogP contribution in [-0.2, 0) is 14.8 Å². The second-order valence-corrected chi connectivity index (χ2v) is 9.24. The summed E-state index contributed by atoms with van der Waals surface area (Å²) in [4.78, 5) is 12.6. The molecule has 0 heterocycles. The molecule has 0 aromatic heterocycles. The third kappa shape index (κ3) is 5.79. The van der Waals surface area contributed by atoms with Crippen LogP contribution in [0, 0.1) is 6.92 Å². The number of sulfonamides is 1. The van der Waals surface area contributed by atoms with Gasteiger partial charge in [-0.3, -0.25) is 9.10 Å². The Morgan fingerprint density at radius 2 is 1.56 bits per heavy atom. The molecule has 3 aromatic carbocycles. The van der Waals surface area contributed by atoms with Crippen molar-refractivity contribution in [2.45, 2.75) is 18.7 Å². The summed E-state index contributed by atoms with van der Waals surface area (Å²) in [5.41, 5.74) is 1.98. The van der Waals surface area contributed by atoms with Crippen LogP contribution in [0.25, 0.3) is 0 Å². The minimum atomic E-state index is -3.70. The topological polar surface area (TPSA) is 94.2 Å². The Hall–Kier alpha value is -3.72. The first kappa shape index (κ1) is 24.9. The number of anilines is 2. The second-order valence-electron chi connectivity index (χ2n) is 7.38. The van der Waals surface area contributed by atoms with Crippen LogP contribution in [0.4, 0.5) is 11.4 Å². The van der Waals surface area contributed by atoms with Crippen molar-refractivity contribution >= 4 is 27.3 Å². The van der Waals surface area contributed by atoms with E-state index < -0.39 is 10.0 Å². The molecule has 8 nitrogen and oxygen atoms in total. The Morgan fingerprint density at radius 1 is 0.912 bits per heavy atom. The predicted molar refractivity (Wildman–Crippen MR) is 131 cm³/mol. The number of carbonyl (C=O) groups is 1. The fraction of sp³-hybridized carbons (Fsp3) is 0.240. The van der Waals surface area contributed by atoms with Gasteiger partial charge < -0.3 is 19.5 Å². The Morgan fingerprint density at radius 3 is 2.15 bits per heavy atom. The highest BCUT2D eigenvalue weighted by molar-refractivity contribution is 7.92. The largest absolute Gasteiger partial charge is 0.497 e. The lowest BCUT2D eigenvalue weighted by atomic mass is 10.2. The molecule has 0 bridgehead atoms. The number of hydrogen-bond donors (Lipinski definition) is 1. The summed E-state index contributed by atoms with van der Waals surface area (Å²) in [5.74, 6) is 1.14. The van der Waals surface area contributed by atoms with Crippen molar-refractivity contribution in [2.24, 2.45) is 0 Å². The van der Waals surface area contributed by atoms with E-state index >= 15 is 0 Å². The Bertz CT molecular complexity index is 1230. The van der Waals surface area contributed by atoms with Gasteiger partial charge >= 0.3 is 0 Å². The van der Waals surface area contributed by atoms with Crippen molar-refractivity contribution in [1.29, 1.82) is 0 Å². The fourth-order valence-electron chi connectivity index (χ4n) is 3.27. The van der Waals surface area contributed by atoms with E-state index in [1.165, 1.54) is 11.4 Å². The van der Waals surface area contributed by atoms with E-state index in [1.54, 1.807) is 80.8 Å². The fourth-order valence-corrected chi connectivity index (χ4v) is 4.75. The van der Waals surface area contributed by atoms with Crippen LogP contribution in [0.1, 0.15) is 12.5 Å². The van der Waals surface area contributed by atoms with Crippen molar-refractivity contribution in [1.82, 2.24) is 0 Å². The average molecular weight is 485 g/mol. The maximum absolute atomic E-state index is 13.1. The number of nitrogens with zero attached hydrogens (tertiary/aromatic N) is 1. The van der Waals surface area contributed by atoms with Crippen LogP contribution in [0.15, 0.2) is 71.6 Å². The van der Waals surface area contributed by atoms with Gasteiger partial charge in [-0.15, -0.1) is 0 Å². The van der Waals surface area contributed by atoms with Crippen molar-refractivity contribution in [2.75, 3.05) is 37.0 Å². The first-order valence-corrected chi connectivity index (χ1v) is 12.1. The average Bonchev–Trinajstić information content (AvgIpc) is 2.84. The molecule has 0 aliphatic rings. The maximum Gasteiger partial charge on any atom is 0.264 e. The third-order valence-corrected chi connectivity index (χ3v) is 6.99. The molecule has 0 saturated heterocycles. The highest BCUT2D eigenvalue weighted by atomic mass is 32.2. The van der Waals surface area contributed by atoms with Crippen LogP contribution in [-0.4, -0.2) is 41.7 Å². The van der Waals surface area contributed by atoms with Gasteiger partial charge in [0.05, 0.1) is 30.5 Å². The first-order chi connectivity index (χ1) is 16.3. The summed E-state index contributed by atoms with van der Waals surface area (Å²) >= 11 is 0. The van der Waals surface area contributed by atoms with E-state index in [1.807, 2.05) is 6.92 Å². The number of ether oxygens (including phenoxy) is 3. The molecule has 3 rings (SSSR count). The molecule has 0 fully saturated rings. The zero-order valence-corrected chi connectivity index (χ0v) is 20.4. The molecule has 0 saturated carbocycles. The summed E-state index contributed by atoms with van der Waals surface area (Å²) < 4.78 is 43.4. The van der Waals surface area contributed by atoms with Gasteiger partial charge in [-0.1, -0.05) is 17.7 Å². The van der Waals surface area contributed by atoms with Gasteiger partial charge in [-0.05, 0) is 62.4 Å².